The van der Waals surface area contributed by atoms with Gasteiger partial charge < -0.3 is 0 Å². The summed E-state index contributed by atoms with van der Waals surface area (Å²) < 4.78 is 27.7. The van der Waals surface area contributed by atoms with Crippen LogP contribution in [-0.2, 0) is 0 Å². The Morgan fingerprint density at radius 1 is 0.575 bits per heavy atom. The first-order valence-electron chi connectivity index (χ1n) is 13.5. The third-order valence-electron chi connectivity index (χ3n) is 7.40. The van der Waals surface area contributed by atoms with Gasteiger partial charge in [-0.1, -0.05) is 109 Å². The highest BCUT2D eigenvalue weighted by molar-refractivity contribution is 7.80. The Balaban J connectivity index is 1.42. The van der Waals surface area contributed by atoms with Crippen LogP contribution in [0, 0.1) is 11.6 Å². The number of rotatable bonds is 7. The second kappa shape index (κ2) is 11.9. The second-order valence-corrected chi connectivity index (χ2v) is 12.1. The van der Waals surface area contributed by atoms with Gasteiger partial charge in [0.15, 0.2) is 0 Å². The summed E-state index contributed by atoms with van der Waals surface area (Å²) >= 11 is 0. The Kier molecular flexibility index (Phi) is 7.79. The van der Waals surface area contributed by atoms with E-state index in [2.05, 4.69) is 65.7 Å². The molecular formula is C35H29F2N2P. The second-order valence-electron chi connectivity index (χ2n) is 9.90. The van der Waals surface area contributed by atoms with Crippen molar-refractivity contribution < 1.29 is 8.78 Å². The lowest BCUT2D eigenvalue weighted by Gasteiger charge is -2.28. The van der Waals surface area contributed by atoms with Gasteiger partial charge in [0.1, 0.15) is 11.6 Å². The van der Waals surface area contributed by atoms with Crippen LogP contribution in [0.4, 0.5) is 8.78 Å². The van der Waals surface area contributed by atoms with Crippen LogP contribution in [-0.4, -0.2) is 11.2 Å². The van der Waals surface area contributed by atoms with Gasteiger partial charge in [-0.15, -0.1) is 0 Å². The van der Waals surface area contributed by atoms with Crippen molar-refractivity contribution in [1.29, 1.82) is 0 Å². The standard InChI is InChI=1S/C35H29F2N2P/c36-29-15-19-31(20-16-29)40(32-21-17-30(37)18-22-32)35-14-8-7-13-28(35)25-38-39-33(26-9-3-1-4-10-26)23-24-34(39)27-11-5-2-6-12-27/h1-22,25,33-34H,23-24H2/b38-25+/t33-,34-/m0/s1. The molecule has 0 amide bonds. The smallest absolute Gasteiger partial charge is 0.123 e. The highest BCUT2D eigenvalue weighted by atomic mass is 31.1. The normalized spacial score (nSPS) is 17.1. The summed E-state index contributed by atoms with van der Waals surface area (Å²) in [6, 6.07) is 43.0. The van der Waals surface area contributed by atoms with E-state index in [1.54, 1.807) is 0 Å². The van der Waals surface area contributed by atoms with Crippen LogP contribution in [0.2, 0.25) is 0 Å². The van der Waals surface area contributed by atoms with Gasteiger partial charge in [-0.05, 0) is 72.1 Å². The average molecular weight is 547 g/mol. The minimum absolute atomic E-state index is 0.172. The van der Waals surface area contributed by atoms with Crippen molar-refractivity contribution in [2.24, 2.45) is 5.10 Å². The average Bonchev–Trinajstić information content (AvgIpc) is 3.43. The van der Waals surface area contributed by atoms with Crippen molar-refractivity contribution in [2.45, 2.75) is 24.9 Å². The maximum atomic E-state index is 13.9. The van der Waals surface area contributed by atoms with Gasteiger partial charge in [-0.2, -0.15) is 5.10 Å². The van der Waals surface area contributed by atoms with Crippen molar-refractivity contribution in [1.82, 2.24) is 5.01 Å². The molecule has 1 aliphatic heterocycles. The minimum Gasteiger partial charge on any atom is -0.282 e. The molecule has 1 aliphatic rings. The first kappa shape index (κ1) is 26.1. The molecule has 2 atom stereocenters. The molecule has 1 fully saturated rings. The van der Waals surface area contributed by atoms with E-state index in [0.29, 0.717) is 0 Å². The fourth-order valence-corrected chi connectivity index (χ4v) is 7.86. The molecule has 0 aromatic heterocycles. The Morgan fingerprint density at radius 2 is 1.02 bits per heavy atom. The van der Waals surface area contributed by atoms with Crippen LogP contribution < -0.4 is 15.9 Å². The molecule has 5 aromatic carbocycles. The van der Waals surface area contributed by atoms with Crippen molar-refractivity contribution in [3.8, 4) is 0 Å². The van der Waals surface area contributed by atoms with E-state index in [1.807, 2.05) is 54.7 Å². The molecule has 5 aromatic rings. The zero-order valence-corrected chi connectivity index (χ0v) is 22.8. The van der Waals surface area contributed by atoms with Gasteiger partial charge in [-0.3, -0.25) is 5.01 Å². The van der Waals surface area contributed by atoms with Gasteiger partial charge in [0, 0.05) is 5.56 Å². The number of hydrogen-bond donors (Lipinski definition) is 0. The summed E-state index contributed by atoms with van der Waals surface area (Å²) in [6.07, 6.45) is 4.00. The van der Waals surface area contributed by atoms with Gasteiger partial charge >= 0.3 is 0 Å². The molecule has 6 rings (SSSR count). The molecule has 40 heavy (non-hydrogen) atoms. The number of benzene rings is 5. The third kappa shape index (κ3) is 5.59. The molecule has 0 saturated carbocycles. The minimum atomic E-state index is -1.07. The van der Waals surface area contributed by atoms with E-state index in [9.17, 15) is 8.78 Å². The zero-order chi connectivity index (χ0) is 27.3. The van der Waals surface area contributed by atoms with Crippen LogP contribution in [0.25, 0.3) is 0 Å². The van der Waals surface area contributed by atoms with Gasteiger partial charge in [0.2, 0.25) is 0 Å². The van der Waals surface area contributed by atoms with Gasteiger partial charge in [0.05, 0.1) is 18.3 Å². The molecule has 2 nitrogen and oxygen atoms in total. The van der Waals surface area contributed by atoms with Gasteiger partial charge in [-0.25, -0.2) is 8.78 Å². The molecule has 198 valence electrons. The highest BCUT2D eigenvalue weighted by Gasteiger charge is 2.34. The molecule has 0 N–H and O–H groups in total. The zero-order valence-electron chi connectivity index (χ0n) is 21.9. The quantitative estimate of drug-likeness (QED) is 0.151. The lowest BCUT2D eigenvalue weighted by atomic mass is 10.0. The monoisotopic (exact) mass is 546 g/mol. The van der Waals surface area contributed by atoms with Crippen molar-refractivity contribution in [3.63, 3.8) is 0 Å². The van der Waals surface area contributed by atoms with Crippen LogP contribution in [0.1, 0.15) is 41.6 Å². The van der Waals surface area contributed by atoms with E-state index in [-0.39, 0.29) is 23.7 Å². The summed E-state index contributed by atoms with van der Waals surface area (Å²) in [7, 11) is -1.07. The molecular weight excluding hydrogens is 517 g/mol. The summed E-state index contributed by atoms with van der Waals surface area (Å²) in [5.41, 5.74) is 3.50. The maximum absolute atomic E-state index is 13.9. The molecule has 0 bridgehead atoms. The van der Waals surface area contributed by atoms with E-state index >= 15 is 0 Å². The van der Waals surface area contributed by atoms with Crippen molar-refractivity contribution in [2.75, 3.05) is 0 Å². The van der Waals surface area contributed by atoms with Crippen LogP contribution in [0.15, 0.2) is 139 Å². The molecule has 0 aliphatic carbocycles. The fourth-order valence-electron chi connectivity index (χ4n) is 5.48. The van der Waals surface area contributed by atoms with Crippen LogP contribution >= 0.6 is 7.92 Å². The predicted molar refractivity (Wildman–Crippen MR) is 162 cm³/mol. The number of halogens is 2. The third-order valence-corrected chi connectivity index (χ3v) is 9.92. The lowest BCUT2D eigenvalue weighted by molar-refractivity contribution is 0.206. The largest absolute Gasteiger partial charge is 0.282 e. The molecule has 0 unspecified atom stereocenters. The molecule has 1 heterocycles. The fraction of sp³-hybridized carbons (Fsp3) is 0.114. The molecule has 1 saturated heterocycles. The van der Waals surface area contributed by atoms with E-state index in [4.69, 9.17) is 5.10 Å². The highest BCUT2D eigenvalue weighted by Crippen LogP contribution is 2.44. The Bertz CT molecular complexity index is 1480. The summed E-state index contributed by atoms with van der Waals surface area (Å²) in [4.78, 5) is 0. The first-order valence-corrected chi connectivity index (χ1v) is 14.8. The SMILES string of the molecule is Fc1ccc(P(c2ccc(F)cc2)c2ccccc2/C=N/N2[C@H](c3ccccc3)CC[C@H]2c2ccccc2)cc1. The summed E-state index contributed by atoms with van der Waals surface area (Å²) in [6.45, 7) is 0. The topological polar surface area (TPSA) is 15.6 Å². The predicted octanol–water partition coefficient (Wildman–Crippen LogP) is 7.64. The molecule has 5 heteroatoms. The Morgan fingerprint density at radius 3 is 1.52 bits per heavy atom. The summed E-state index contributed by atoms with van der Waals surface area (Å²) in [5, 5.41) is 10.5. The van der Waals surface area contributed by atoms with E-state index < -0.39 is 7.92 Å². The lowest BCUT2D eigenvalue weighted by Crippen LogP contribution is -2.25. The van der Waals surface area contributed by atoms with Gasteiger partial charge in [0.25, 0.3) is 0 Å². The number of hydrogen-bond acceptors (Lipinski definition) is 2. The van der Waals surface area contributed by atoms with Crippen LogP contribution in [0.5, 0.6) is 0 Å². The van der Waals surface area contributed by atoms with E-state index in [0.717, 1.165) is 34.3 Å². The number of hydrazone groups is 1. The van der Waals surface area contributed by atoms with E-state index in [1.165, 1.54) is 35.4 Å². The molecule has 0 radical (unpaired) electrons. The summed E-state index contributed by atoms with van der Waals surface area (Å²) in [5.74, 6) is -0.554. The number of nitrogens with zero attached hydrogens (tertiary/aromatic N) is 2. The Hall–Kier alpha value is -4.14. The molecule has 0 spiro atoms. The van der Waals surface area contributed by atoms with Crippen molar-refractivity contribution in [3.05, 3.63) is 162 Å². The first-order chi connectivity index (χ1) is 19.7. The Labute approximate surface area is 235 Å². The van der Waals surface area contributed by atoms with Crippen molar-refractivity contribution >= 4 is 30.0 Å². The van der Waals surface area contributed by atoms with Crippen LogP contribution in [0.3, 0.4) is 0 Å². The maximum Gasteiger partial charge on any atom is 0.123 e.